The van der Waals surface area contributed by atoms with Gasteiger partial charge in [-0.05, 0) is 66.1 Å². The number of halogens is 1. The molecule has 1 amide bonds. The number of benzene rings is 2. The minimum atomic E-state index is -0.905. The molecule has 6 rings (SSSR count). The Morgan fingerprint density at radius 2 is 2.05 bits per heavy atom. The Hall–Kier alpha value is -4.88. The summed E-state index contributed by atoms with van der Waals surface area (Å²) in [6.45, 7) is 2.38. The van der Waals surface area contributed by atoms with Crippen molar-refractivity contribution < 1.29 is 14.3 Å². The lowest BCUT2D eigenvalue weighted by atomic mass is 10.1. The number of methoxy groups -OCH3 is 1. The standard InChI is InChI=1S/C28H26ClN9O4/c1-15-3-5-20(37-14-31-35-36-37)18(11-15)19-13-24(39)38-21(6-8-23(38)32-19)27-33-25(26(29)34-27)17-4-7-22(42-28(30)40)16(12-17)9-10-41-2/h3-5,7,11-14,21H,6,8-10H2,1-2H3,(H2,30,40)(H,33,34)/t21-/m0/s1. The second-order valence-corrected chi connectivity index (χ2v) is 10.2. The van der Waals surface area contributed by atoms with Gasteiger partial charge in [-0.15, -0.1) is 5.10 Å². The molecule has 0 saturated heterocycles. The van der Waals surface area contributed by atoms with Crippen molar-refractivity contribution in [2.45, 2.75) is 32.2 Å². The molecular formula is C28H26ClN9O4. The highest BCUT2D eigenvalue weighted by Gasteiger charge is 2.30. The van der Waals surface area contributed by atoms with Crippen LogP contribution in [0.15, 0.2) is 53.6 Å². The van der Waals surface area contributed by atoms with E-state index in [1.165, 1.54) is 12.4 Å². The molecule has 0 unspecified atom stereocenters. The van der Waals surface area contributed by atoms with Gasteiger partial charge in [0.25, 0.3) is 5.56 Å². The normalized spacial score (nSPS) is 14.2. The molecule has 42 heavy (non-hydrogen) atoms. The van der Waals surface area contributed by atoms with Crippen molar-refractivity contribution in [1.82, 2.24) is 39.7 Å². The number of fused-ring (bicyclic) bond motifs is 1. The first-order valence-electron chi connectivity index (χ1n) is 13.1. The van der Waals surface area contributed by atoms with Gasteiger partial charge in [-0.2, -0.15) is 4.68 Å². The van der Waals surface area contributed by atoms with E-state index in [2.05, 4.69) is 20.5 Å². The molecule has 214 valence electrons. The number of H-pyrrole nitrogens is 1. The van der Waals surface area contributed by atoms with Crippen LogP contribution in [0.2, 0.25) is 5.15 Å². The Labute approximate surface area is 244 Å². The van der Waals surface area contributed by atoms with Gasteiger partial charge in [0.1, 0.15) is 34.6 Å². The number of rotatable bonds is 8. The number of carbonyl (C=O) groups excluding carboxylic acids is 1. The van der Waals surface area contributed by atoms with E-state index in [-0.39, 0.29) is 11.6 Å². The summed E-state index contributed by atoms with van der Waals surface area (Å²) in [5.74, 6) is 1.53. The molecule has 0 fully saturated rings. The number of ether oxygens (including phenoxy) is 2. The number of hydrogen-bond acceptors (Lipinski definition) is 9. The summed E-state index contributed by atoms with van der Waals surface area (Å²) in [6.07, 6.45) is 2.28. The lowest BCUT2D eigenvalue weighted by molar-refractivity contribution is 0.198. The van der Waals surface area contributed by atoms with E-state index in [1.807, 2.05) is 31.2 Å². The first kappa shape index (κ1) is 27.3. The van der Waals surface area contributed by atoms with Gasteiger partial charge in [-0.25, -0.2) is 14.8 Å². The summed E-state index contributed by atoms with van der Waals surface area (Å²) in [6, 6.07) is 12.2. The average Bonchev–Trinajstić information content (AvgIpc) is 3.72. The smallest absolute Gasteiger partial charge is 0.409 e. The molecule has 1 aliphatic rings. The maximum atomic E-state index is 13.5. The van der Waals surface area contributed by atoms with Crippen molar-refractivity contribution >= 4 is 17.7 Å². The number of primary amides is 1. The van der Waals surface area contributed by atoms with Gasteiger partial charge in [0.15, 0.2) is 0 Å². The third-order valence-corrected chi connectivity index (χ3v) is 7.39. The van der Waals surface area contributed by atoms with E-state index < -0.39 is 6.09 Å². The molecule has 0 radical (unpaired) electrons. The molecule has 4 heterocycles. The predicted molar refractivity (Wildman–Crippen MR) is 153 cm³/mol. The zero-order valence-corrected chi connectivity index (χ0v) is 23.5. The monoisotopic (exact) mass is 587 g/mol. The van der Waals surface area contributed by atoms with Crippen molar-refractivity contribution in [1.29, 1.82) is 0 Å². The van der Waals surface area contributed by atoms with E-state index in [0.717, 1.165) is 16.8 Å². The Balaban J connectivity index is 1.35. The van der Waals surface area contributed by atoms with Crippen LogP contribution in [0.4, 0.5) is 4.79 Å². The molecule has 0 spiro atoms. The number of nitrogens with two attached hydrogens (primary N) is 1. The quantitative estimate of drug-likeness (QED) is 0.276. The number of amides is 1. The Bertz CT molecular complexity index is 1850. The first-order valence-corrected chi connectivity index (χ1v) is 13.5. The van der Waals surface area contributed by atoms with Crippen molar-refractivity contribution in [3.63, 3.8) is 0 Å². The number of carbonyl (C=O) groups is 1. The number of aryl methyl sites for hydroxylation is 2. The Morgan fingerprint density at radius 1 is 1.19 bits per heavy atom. The van der Waals surface area contributed by atoms with Crippen LogP contribution in [-0.4, -0.2) is 59.5 Å². The molecule has 14 heteroatoms. The molecule has 0 bridgehead atoms. The largest absolute Gasteiger partial charge is 0.410 e. The number of imidazole rings is 1. The van der Waals surface area contributed by atoms with Gasteiger partial charge in [0.2, 0.25) is 0 Å². The average molecular weight is 588 g/mol. The highest BCUT2D eigenvalue weighted by atomic mass is 35.5. The zero-order chi connectivity index (χ0) is 29.4. The number of aromatic amines is 1. The van der Waals surface area contributed by atoms with E-state index in [0.29, 0.717) is 70.9 Å². The highest BCUT2D eigenvalue weighted by molar-refractivity contribution is 6.31. The van der Waals surface area contributed by atoms with Crippen LogP contribution in [0.5, 0.6) is 5.75 Å². The van der Waals surface area contributed by atoms with Crippen LogP contribution >= 0.6 is 11.6 Å². The third-order valence-electron chi connectivity index (χ3n) is 7.12. The second kappa shape index (κ2) is 11.2. The van der Waals surface area contributed by atoms with E-state index in [4.69, 9.17) is 36.8 Å². The summed E-state index contributed by atoms with van der Waals surface area (Å²) >= 11 is 6.62. The number of hydrogen-bond donors (Lipinski definition) is 2. The Morgan fingerprint density at radius 3 is 2.81 bits per heavy atom. The fraction of sp³-hybridized carbons (Fsp3) is 0.250. The van der Waals surface area contributed by atoms with Gasteiger partial charge in [0, 0.05) is 30.7 Å². The molecule has 1 atom stereocenters. The first-order chi connectivity index (χ1) is 20.3. The van der Waals surface area contributed by atoms with Crippen LogP contribution in [0, 0.1) is 6.92 Å². The summed E-state index contributed by atoms with van der Waals surface area (Å²) in [7, 11) is 1.59. The van der Waals surface area contributed by atoms with E-state index in [1.54, 1.807) is 28.5 Å². The number of aromatic nitrogens is 8. The summed E-state index contributed by atoms with van der Waals surface area (Å²) in [4.78, 5) is 37.7. The molecule has 0 saturated carbocycles. The van der Waals surface area contributed by atoms with Gasteiger partial charge in [0.05, 0.1) is 24.0 Å². The second-order valence-electron chi connectivity index (χ2n) is 9.87. The molecule has 2 aromatic carbocycles. The van der Waals surface area contributed by atoms with Crippen LogP contribution in [0.3, 0.4) is 0 Å². The maximum Gasteiger partial charge on any atom is 0.409 e. The number of nitrogens with one attached hydrogen (secondary N) is 1. The van der Waals surface area contributed by atoms with Crippen molar-refractivity contribution in [3.8, 4) is 34.0 Å². The third kappa shape index (κ3) is 5.15. The molecule has 3 N–H and O–H groups in total. The lowest BCUT2D eigenvalue weighted by Crippen LogP contribution is -2.25. The molecule has 3 aromatic heterocycles. The number of nitrogens with zero attached hydrogens (tertiary/aromatic N) is 7. The van der Waals surface area contributed by atoms with E-state index in [9.17, 15) is 9.59 Å². The SMILES string of the molecule is COCCc1cc(-c2nc([C@@H]3CCc4nc(-c5cc(C)ccc5-n5cnnn5)cc(=O)n43)[nH]c2Cl)ccc1OC(N)=O. The molecule has 1 aliphatic heterocycles. The fourth-order valence-electron chi connectivity index (χ4n) is 5.23. The van der Waals surface area contributed by atoms with Crippen LogP contribution < -0.4 is 16.0 Å². The van der Waals surface area contributed by atoms with Crippen LogP contribution in [0.1, 0.15) is 35.2 Å². The van der Waals surface area contributed by atoms with Gasteiger partial charge < -0.3 is 20.2 Å². The van der Waals surface area contributed by atoms with Gasteiger partial charge in [-0.1, -0.05) is 23.2 Å². The predicted octanol–water partition coefficient (Wildman–Crippen LogP) is 3.42. The van der Waals surface area contributed by atoms with Crippen molar-refractivity contribution in [2.75, 3.05) is 13.7 Å². The summed E-state index contributed by atoms with van der Waals surface area (Å²) in [5, 5.41) is 11.8. The maximum absolute atomic E-state index is 13.5. The highest BCUT2D eigenvalue weighted by Crippen LogP contribution is 2.35. The molecule has 13 nitrogen and oxygen atoms in total. The van der Waals surface area contributed by atoms with Gasteiger partial charge in [-0.3, -0.25) is 9.36 Å². The minimum absolute atomic E-state index is 0.203. The fourth-order valence-corrected chi connectivity index (χ4v) is 5.48. The van der Waals surface area contributed by atoms with Crippen molar-refractivity contribution in [3.05, 3.63) is 87.1 Å². The summed E-state index contributed by atoms with van der Waals surface area (Å²) < 4.78 is 13.5. The number of tetrazole rings is 1. The van der Waals surface area contributed by atoms with E-state index >= 15 is 0 Å². The molecule has 0 aliphatic carbocycles. The topological polar surface area (TPSA) is 169 Å². The summed E-state index contributed by atoms with van der Waals surface area (Å²) in [5.41, 5.74) is 9.98. The van der Waals surface area contributed by atoms with Crippen molar-refractivity contribution in [2.24, 2.45) is 5.73 Å². The van der Waals surface area contributed by atoms with Crippen LogP contribution in [-0.2, 0) is 17.6 Å². The Kier molecular flexibility index (Phi) is 7.27. The zero-order valence-electron chi connectivity index (χ0n) is 22.7. The molecule has 5 aromatic rings. The van der Waals surface area contributed by atoms with Gasteiger partial charge >= 0.3 is 6.09 Å². The molecular weight excluding hydrogens is 562 g/mol. The lowest BCUT2D eigenvalue weighted by Gasteiger charge is -2.14. The van der Waals surface area contributed by atoms with Crippen LogP contribution in [0.25, 0.3) is 28.2 Å². The minimum Gasteiger partial charge on any atom is -0.410 e.